The molecule has 166 valence electrons. The molecule has 0 amide bonds. The Kier molecular flexibility index (Phi) is 6.90. The van der Waals surface area contributed by atoms with Crippen LogP contribution in [0, 0.1) is 5.92 Å². The molecule has 0 spiro atoms. The largest absolute Gasteiger partial charge is 0.356 e. The number of rotatable bonds is 8. The summed E-state index contributed by atoms with van der Waals surface area (Å²) in [4.78, 5) is 14.3. The van der Waals surface area contributed by atoms with Gasteiger partial charge in [0.25, 0.3) is 0 Å². The van der Waals surface area contributed by atoms with E-state index in [0.717, 1.165) is 54.7 Å². The smallest absolute Gasteiger partial charge is 0.142 e. The van der Waals surface area contributed by atoms with Crippen LogP contribution in [-0.4, -0.2) is 50.3 Å². The lowest BCUT2D eigenvalue weighted by molar-refractivity contribution is 0.342. The standard InChI is InChI=1S/C24H33N5OS/c1-3-28-31(30,16-14-19-7-5-4-6-8-19)17-20-9-11-21(12-10-20)29(2)24-22-13-15-25-23(22)26-18-27-24/h4-8,13,15,18,20-21H,3,9-12,14,16-17H2,1-2H3,(H,25,26,27). The maximum absolute atomic E-state index is 13.6. The number of aryl methyl sites for hydroxylation is 1. The first-order chi connectivity index (χ1) is 15.1. The molecule has 1 unspecified atom stereocenters. The highest BCUT2D eigenvalue weighted by Gasteiger charge is 2.28. The first-order valence-corrected chi connectivity index (χ1v) is 13.2. The van der Waals surface area contributed by atoms with E-state index >= 15 is 0 Å². The summed E-state index contributed by atoms with van der Waals surface area (Å²) in [6.45, 7) is 2.63. The summed E-state index contributed by atoms with van der Waals surface area (Å²) in [6.07, 6.45) is 8.76. The second-order valence-electron chi connectivity index (χ2n) is 8.55. The average molecular weight is 440 g/mol. The van der Waals surface area contributed by atoms with E-state index in [-0.39, 0.29) is 0 Å². The molecule has 1 fully saturated rings. The second-order valence-corrected chi connectivity index (χ2v) is 11.1. The van der Waals surface area contributed by atoms with Crippen molar-refractivity contribution in [3.05, 3.63) is 54.5 Å². The zero-order chi connectivity index (χ0) is 21.7. The predicted octanol–water partition coefficient (Wildman–Crippen LogP) is 4.68. The van der Waals surface area contributed by atoms with Crippen molar-refractivity contribution in [2.45, 2.75) is 45.1 Å². The minimum Gasteiger partial charge on any atom is -0.356 e. The maximum Gasteiger partial charge on any atom is 0.142 e. The maximum atomic E-state index is 13.6. The number of H-pyrrole nitrogens is 1. The van der Waals surface area contributed by atoms with Gasteiger partial charge in [0.1, 0.15) is 17.8 Å². The lowest BCUT2D eigenvalue weighted by Gasteiger charge is -2.35. The van der Waals surface area contributed by atoms with Crippen LogP contribution in [-0.2, 0) is 16.1 Å². The van der Waals surface area contributed by atoms with Gasteiger partial charge in [0.2, 0.25) is 0 Å². The average Bonchev–Trinajstić information content (AvgIpc) is 3.28. The molecule has 3 aromatic rings. The summed E-state index contributed by atoms with van der Waals surface area (Å²) in [5.74, 6) is 2.87. The Bertz CT molecular complexity index is 1100. The Morgan fingerprint density at radius 1 is 1.13 bits per heavy atom. The molecule has 1 aliphatic rings. The number of benzene rings is 1. The molecule has 1 saturated carbocycles. The highest BCUT2D eigenvalue weighted by molar-refractivity contribution is 7.93. The van der Waals surface area contributed by atoms with Crippen LogP contribution in [0.2, 0.25) is 0 Å². The molecule has 0 saturated heterocycles. The first kappa shape index (κ1) is 21.8. The van der Waals surface area contributed by atoms with Gasteiger partial charge >= 0.3 is 0 Å². The van der Waals surface area contributed by atoms with E-state index in [2.05, 4.69) is 43.4 Å². The van der Waals surface area contributed by atoms with E-state index < -0.39 is 9.73 Å². The highest BCUT2D eigenvalue weighted by Crippen LogP contribution is 2.32. The van der Waals surface area contributed by atoms with Gasteiger partial charge < -0.3 is 9.88 Å². The second kappa shape index (κ2) is 9.81. The normalized spacial score (nSPS) is 21.0. The van der Waals surface area contributed by atoms with Crippen molar-refractivity contribution in [3.63, 3.8) is 0 Å². The van der Waals surface area contributed by atoms with Crippen molar-refractivity contribution in [3.8, 4) is 0 Å². The van der Waals surface area contributed by atoms with E-state index in [9.17, 15) is 4.21 Å². The zero-order valence-electron chi connectivity index (χ0n) is 18.5. The molecule has 0 aliphatic heterocycles. The Labute approximate surface area is 185 Å². The van der Waals surface area contributed by atoms with Crippen LogP contribution in [0.15, 0.2) is 53.3 Å². The number of nitrogens with zero attached hydrogens (tertiary/aromatic N) is 4. The molecule has 31 heavy (non-hydrogen) atoms. The van der Waals surface area contributed by atoms with Crippen molar-refractivity contribution in [1.82, 2.24) is 15.0 Å². The molecule has 1 N–H and O–H groups in total. The van der Waals surface area contributed by atoms with Crippen LogP contribution in [0.3, 0.4) is 0 Å². The monoisotopic (exact) mass is 439 g/mol. The van der Waals surface area contributed by atoms with Crippen LogP contribution in [0.25, 0.3) is 11.0 Å². The fourth-order valence-corrected chi connectivity index (χ4v) is 7.23. The molecule has 6 nitrogen and oxygen atoms in total. The molecule has 2 heterocycles. The van der Waals surface area contributed by atoms with Crippen molar-refractivity contribution >= 4 is 26.6 Å². The number of hydrogen-bond acceptors (Lipinski definition) is 5. The summed E-state index contributed by atoms with van der Waals surface area (Å²) in [5, 5.41) is 1.07. The number of aromatic nitrogens is 3. The topological polar surface area (TPSA) is 74.2 Å². The fourth-order valence-electron chi connectivity index (χ4n) is 4.74. The van der Waals surface area contributed by atoms with Gasteiger partial charge in [0.05, 0.1) is 5.39 Å². The van der Waals surface area contributed by atoms with E-state index in [0.29, 0.717) is 24.3 Å². The molecular weight excluding hydrogens is 406 g/mol. The number of fused-ring (bicyclic) bond motifs is 1. The molecule has 1 aliphatic carbocycles. The van der Waals surface area contributed by atoms with E-state index in [1.165, 1.54) is 5.56 Å². The first-order valence-electron chi connectivity index (χ1n) is 11.3. The molecule has 2 aromatic heterocycles. The molecule has 0 bridgehead atoms. The van der Waals surface area contributed by atoms with Crippen LogP contribution >= 0.6 is 0 Å². The van der Waals surface area contributed by atoms with Gasteiger partial charge in [0, 0.05) is 47.1 Å². The lowest BCUT2D eigenvalue weighted by atomic mass is 9.86. The number of aromatic amines is 1. The molecule has 1 atom stereocenters. The summed E-state index contributed by atoms with van der Waals surface area (Å²) in [6, 6.07) is 12.8. The predicted molar refractivity (Wildman–Crippen MR) is 129 cm³/mol. The van der Waals surface area contributed by atoms with Crippen molar-refractivity contribution < 1.29 is 4.21 Å². The zero-order valence-corrected chi connectivity index (χ0v) is 19.4. The summed E-state index contributed by atoms with van der Waals surface area (Å²) >= 11 is 0. The Morgan fingerprint density at radius 2 is 1.90 bits per heavy atom. The SMILES string of the molecule is CCN=S(=O)(CCc1ccccc1)CC1CCC(N(C)c2ncnc3[nH]ccc23)CC1. The van der Waals surface area contributed by atoms with Gasteiger partial charge in [-0.2, -0.15) is 0 Å². The molecule has 1 aromatic carbocycles. The van der Waals surface area contributed by atoms with E-state index in [4.69, 9.17) is 0 Å². The third-order valence-corrected chi connectivity index (χ3v) is 9.01. The van der Waals surface area contributed by atoms with E-state index in [1.807, 2.05) is 37.4 Å². The van der Waals surface area contributed by atoms with Crippen LogP contribution < -0.4 is 4.90 Å². The van der Waals surface area contributed by atoms with Gasteiger partial charge in [-0.15, -0.1) is 0 Å². The lowest BCUT2D eigenvalue weighted by Crippen LogP contribution is -2.37. The molecule has 7 heteroatoms. The van der Waals surface area contributed by atoms with Crippen molar-refractivity contribution in [2.24, 2.45) is 10.3 Å². The Balaban J connectivity index is 1.36. The molecule has 0 radical (unpaired) electrons. The number of hydrogen-bond donors (Lipinski definition) is 1. The van der Waals surface area contributed by atoms with Crippen LogP contribution in [0.5, 0.6) is 0 Å². The van der Waals surface area contributed by atoms with Crippen LogP contribution in [0.4, 0.5) is 5.82 Å². The fraction of sp³-hybridized carbons (Fsp3) is 0.500. The van der Waals surface area contributed by atoms with Gasteiger partial charge in [-0.1, -0.05) is 30.3 Å². The number of nitrogens with one attached hydrogen (secondary N) is 1. The minimum absolute atomic E-state index is 0.452. The molecule has 4 rings (SSSR count). The van der Waals surface area contributed by atoms with Gasteiger partial charge in [0.15, 0.2) is 0 Å². The molecular formula is C24H33N5OS. The van der Waals surface area contributed by atoms with Crippen molar-refractivity contribution in [1.29, 1.82) is 0 Å². The Hall–Kier alpha value is -2.41. The number of anilines is 1. The van der Waals surface area contributed by atoms with Crippen LogP contribution in [0.1, 0.15) is 38.2 Å². The van der Waals surface area contributed by atoms with Gasteiger partial charge in [-0.3, -0.25) is 0 Å². The Morgan fingerprint density at radius 3 is 2.65 bits per heavy atom. The van der Waals surface area contributed by atoms with Crippen molar-refractivity contribution in [2.75, 3.05) is 30.0 Å². The minimum atomic E-state index is -2.16. The highest BCUT2D eigenvalue weighted by atomic mass is 32.2. The quantitative estimate of drug-likeness (QED) is 0.553. The summed E-state index contributed by atoms with van der Waals surface area (Å²) < 4.78 is 18.2. The summed E-state index contributed by atoms with van der Waals surface area (Å²) in [5.41, 5.74) is 2.12. The third-order valence-electron chi connectivity index (χ3n) is 6.44. The third kappa shape index (κ3) is 5.26. The summed E-state index contributed by atoms with van der Waals surface area (Å²) in [7, 11) is -0.0273. The van der Waals surface area contributed by atoms with E-state index in [1.54, 1.807) is 6.33 Å². The van der Waals surface area contributed by atoms with Gasteiger partial charge in [-0.05, 0) is 56.6 Å². The van der Waals surface area contributed by atoms with Gasteiger partial charge in [-0.25, -0.2) is 18.5 Å².